The Bertz CT molecular complexity index is 744. The minimum absolute atomic E-state index is 0.156. The molecule has 7 heteroatoms. The van der Waals surface area contributed by atoms with Crippen molar-refractivity contribution in [2.24, 2.45) is 4.99 Å². The Balaban J connectivity index is 1.78. The first-order chi connectivity index (χ1) is 13.0. The molecule has 148 valence electrons. The highest BCUT2D eigenvalue weighted by Crippen LogP contribution is 2.13. The first-order valence-corrected chi connectivity index (χ1v) is 9.43. The fraction of sp³-hybridized carbons (Fsp3) is 0.500. The van der Waals surface area contributed by atoms with Gasteiger partial charge in [0.15, 0.2) is 5.96 Å². The zero-order valence-electron chi connectivity index (χ0n) is 16.6. The molecule has 6 nitrogen and oxygen atoms in total. The number of benzene rings is 1. The number of aliphatic imine (C=N–C) groups is 1. The van der Waals surface area contributed by atoms with Crippen LogP contribution in [0.5, 0.6) is 5.75 Å². The molecule has 0 amide bonds. The van der Waals surface area contributed by atoms with Gasteiger partial charge in [0.1, 0.15) is 17.7 Å². The fourth-order valence-electron chi connectivity index (χ4n) is 2.71. The van der Waals surface area contributed by atoms with Crippen LogP contribution in [0.4, 0.5) is 4.39 Å². The number of hydrogen-bond acceptors (Lipinski definition) is 3. The number of guanidine groups is 1. The van der Waals surface area contributed by atoms with Crippen molar-refractivity contribution in [1.82, 2.24) is 20.4 Å². The van der Waals surface area contributed by atoms with E-state index in [0.717, 1.165) is 37.7 Å². The number of aromatic nitrogens is 2. The van der Waals surface area contributed by atoms with Crippen molar-refractivity contribution >= 4 is 5.96 Å². The molecule has 1 aromatic heterocycles. The van der Waals surface area contributed by atoms with Crippen LogP contribution < -0.4 is 15.4 Å². The highest BCUT2D eigenvalue weighted by molar-refractivity contribution is 5.79. The molecule has 1 unspecified atom stereocenters. The predicted octanol–water partition coefficient (Wildman–Crippen LogP) is 3.05. The van der Waals surface area contributed by atoms with Gasteiger partial charge in [0.2, 0.25) is 0 Å². The standard InChI is InChI=1S/C20H30FN5O/c1-5-22-20(23-10-7-11-26-16(3)12-15(2)25-26)24-14-17(4)27-19-9-6-8-18(21)13-19/h6,8-9,12-13,17H,5,7,10-11,14H2,1-4H3,(H2,22,23,24). The lowest BCUT2D eigenvalue weighted by Crippen LogP contribution is -2.38. The van der Waals surface area contributed by atoms with E-state index in [1.165, 1.54) is 17.8 Å². The summed E-state index contributed by atoms with van der Waals surface area (Å²) in [7, 11) is 0. The lowest BCUT2D eigenvalue weighted by molar-refractivity contribution is 0.229. The second-order valence-electron chi connectivity index (χ2n) is 6.54. The van der Waals surface area contributed by atoms with Gasteiger partial charge in [0, 0.05) is 31.4 Å². The molecule has 0 aliphatic carbocycles. The van der Waals surface area contributed by atoms with Crippen LogP contribution in [0.25, 0.3) is 0 Å². The Labute approximate surface area is 160 Å². The summed E-state index contributed by atoms with van der Waals surface area (Å²) in [6.45, 7) is 10.9. The average molecular weight is 375 g/mol. The maximum atomic E-state index is 13.2. The summed E-state index contributed by atoms with van der Waals surface area (Å²) in [6.07, 6.45) is 0.791. The monoisotopic (exact) mass is 375 g/mol. The SMILES string of the molecule is CCNC(=NCC(C)Oc1cccc(F)c1)NCCCn1nc(C)cc1C. The van der Waals surface area contributed by atoms with Gasteiger partial charge >= 0.3 is 0 Å². The predicted molar refractivity (Wildman–Crippen MR) is 107 cm³/mol. The molecule has 0 radical (unpaired) electrons. The van der Waals surface area contributed by atoms with E-state index in [-0.39, 0.29) is 11.9 Å². The van der Waals surface area contributed by atoms with Crippen LogP contribution in [-0.4, -0.2) is 41.5 Å². The summed E-state index contributed by atoms with van der Waals surface area (Å²) in [6, 6.07) is 8.23. The number of rotatable bonds is 9. The van der Waals surface area contributed by atoms with E-state index in [2.05, 4.69) is 33.7 Å². The van der Waals surface area contributed by atoms with Gasteiger partial charge in [0.05, 0.1) is 12.2 Å². The molecular formula is C20H30FN5O. The van der Waals surface area contributed by atoms with Crippen molar-refractivity contribution in [2.45, 2.75) is 46.8 Å². The summed E-state index contributed by atoms with van der Waals surface area (Å²) in [5, 5.41) is 11.0. The van der Waals surface area contributed by atoms with Crippen molar-refractivity contribution in [3.05, 3.63) is 47.5 Å². The van der Waals surface area contributed by atoms with Crippen molar-refractivity contribution in [1.29, 1.82) is 0 Å². The third kappa shape index (κ3) is 7.29. The molecule has 0 aliphatic heterocycles. The molecule has 1 aromatic carbocycles. The molecule has 0 saturated heterocycles. The summed E-state index contributed by atoms with van der Waals surface area (Å²) < 4.78 is 21.0. The first kappa shape index (κ1) is 20.7. The zero-order chi connectivity index (χ0) is 19.6. The number of ether oxygens (including phenoxy) is 1. The molecule has 2 N–H and O–H groups in total. The van der Waals surface area contributed by atoms with Crippen LogP contribution in [0.3, 0.4) is 0 Å². The molecule has 0 saturated carbocycles. The van der Waals surface area contributed by atoms with Crippen LogP contribution in [0.15, 0.2) is 35.3 Å². The van der Waals surface area contributed by atoms with Gasteiger partial charge in [0.25, 0.3) is 0 Å². The van der Waals surface area contributed by atoms with Gasteiger partial charge in [-0.25, -0.2) is 9.38 Å². The molecule has 0 fully saturated rings. The topological polar surface area (TPSA) is 63.5 Å². The van der Waals surface area contributed by atoms with Crippen molar-refractivity contribution in [3.8, 4) is 5.75 Å². The summed E-state index contributed by atoms with van der Waals surface area (Å²) >= 11 is 0. The Kier molecular flexibility index (Phi) is 8.10. The maximum Gasteiger partial charge on any atom is 0.191 e. The third-order valence-electron chi connectivity index (χ3n) is 3.93. The highest BCUT2D eigenvalue weighted by atomic mass is 19.1. The van der Waals surface area contributed by atoms with Gasteiger partial charge in [-0.15, -0.1) is 0 Å². The number of nitrogens with zero attached hydrogens (tertiary/aromatic N) is 3. The summed E-state index contributed by atoms with van der Waals surface area (Å²) in [5.74, 6) is 0.960. The largest absolute Gasteiger partial charge is 0.489 e. The number of nitrogens with one attached hydrogen (secondary N) is 2. The minimum Gasteiger partial charge on any atom is -0.489 e. The zero-order valence-corrected chi connectivity index (χ0v) is 16.6. The second-order valence-corrected chi connectivity index (χ2v) is 6.54. The third-order valence-corrected chi connectivity index (χ3v) is 3.93. The molecule has 2 rings (SSSR count). The van der Waals surface area contributed by atoms with Gasteiger partial charge in [-0.3, -0.25) is 4.68 Å². The van der Waals surface area contributed by atoms with E-state index < -0.39 is 0 Å². The number of aryl methyl sites for hydroxylation is 3. The highest BCUT2D eigenvalue weighted by Gasteiger charge is 2.06. The lowest BCUT2D eigenvalue weighted by atomic mass is 10.3. The minimum atomic E-state index is -0.305. The summed E-state index contributed by atoms with van der Waals surface area (Å²) in [4.78, 5) is 4.55. The van der Waals surface area contributed by atoms with Gasteiger partial charge < -0.3 is 15.4 Å². The molecule has 0 spiro atoms. The Morgan fingerprint density at radius 1 is 1.30 bits per heavy atom. The van der Waals surface area contributed by atoms with Crippen molar-refractivity contribution < 1.29 is 9.13 Å². The Morgan fingerprint density at radius 3 is 2.78 bits per heavy atom. The van der Waals surface area contributed by atoms with E-state index >= 15 is 0 Å². The average Bonchev–Trinajstić information content (AvgIpc) is 2.93. The Hall–Kier alpha value is -2.57. The van der Waals surface area contributed by atoms with Crippen LogP contribution in [0.2, 0.25) is 0 Å². The van der Waals surface area contributed by atoms with Crippen LogP contribution in [0.1, 0.15) is 31.7 Å². The van der Waals surface area contributed by atoms with Crippen molar-refractivity contribution in [3.63, 3.8) is 0 Å². The molecule has 0 aliphatic rings. The first-order valence-electron chi connectivity index (χ1n) is 9.43. The van der Waals surface area contributed by atoms with E-state index in [1.54, 1.807) is 12.1 Å². The second kappa shape index (κ2) is 10.5. The van der Waals surface area contributed by atoms with Crippen LogP contribution in [0, 0.1) is 19.7 Å². The molecule has 2 aromatic rings. The smallest absolute Gasteiger partial charge is 0.191 e. The van der Waals surface area contributed by atoms with Gasteiger partial charge in [-0.2, -0.15) is 5.10 Å². The molecule has 27 heavy (non-hydrogen) atoms. The molecule has 1 heterocycles. The molecule has 0 bridgehead atoms. The lowest BCUT2D eigenvalue weighted by Gasteiger charge is -2.15. The van der Waals surface area contributed by atoms with Crippen LogP contribution in [-0.2, 0) is 6.54 Å². The van der Waals surface area contributed by atoms with E-state index in [4.69, 9.17) is 4.74 Å². The number of halogens is 1. The van der Waals surface area contributed by atoms with Gasteiger partial charge in [-0.1, -0.05) is 6.07 Å². The number of hydrogen-bond donors (Lipinski definition) is 2. The Morgan fingerprint density at radius 2 is 2.11 bits per heavy atom. The quantitative estimate of drug-likeness (QED) is 0.402. The van der Waals surface area contributed by atoms with Gasteiger partial charge in [-0.05, 0) is 52.3 Å². The maximum absolute atomic E-state index is 13.2. The normalized spacial score (nSPS) is 12.7. The van der Waals surface area contributed by atoms with E-state index in [0.29, 0.717) is 12.3 Å². The van der Waals surface area contributed by atoms with Crippen LogP contribution >= 0.6 is 0 Å². The van der Waals surface area contributed by atoms with E-state index in [1.807, 2.05) is 25.5 Å². The fourth-order valence-corrected chi connectivity index (χ4v) is 2.71. The molecular weight excluding hydrogens is 345 g/mol. The van der Waals surface area contributed by atoms with E-state index in [9.17, 15) is 4.39 Å². The summed E-state index contributed by atoms with van der Waals surface area (Å²) in [5.41, 5.74) is 2.22. The molecule has 1 atom stereocenters. The van der Waals surface area contributed by atoms with Crippen molar-refractivity contribution in [2.75, 3.05) is 19.6 Å².